The molecular weight excluding hydrogens is 52.8 g/mol. The highest BCUT2D eigenvalue weighted by Gasteiger charge is 1.05. The van der Waals surface area contributed by atoms with E-state index in [-0.39, 0.29) is 8.41 Å². The van der Waals surface area contributed by atoms with Crippen molar-refractivity contribution in [2.24, 2.45) is 11.1 Å². The Labute approximate surface area is 26.2 Å². The van der Waals surface area contributed by atoms with E-state index >= 15 is 0 Å². The van der Waals surface area contributed by atoms with Crippen molar-refractivity contribution in [3.8, 4) is 0 Å². The van der Waals surface area contributed by atoms with Crippen LogP contribution in [0.4, 0.5) is 0 Å². The summed E-state index contributed by atoms with van der Waals surface area (Å²) in [5.74, 6) is 4.14. The second kappa shape index (κ2) is 24.5. The fraction of sp³-hybridized carbons (Fsp3) is 0. The first-order valence-electron chi connectivity index (χ1n) is 0.482. The van der Waals surface area contributed by atoms with E-state index in [4.69, 9.17) is 5.53 Å². The van der Waals surface area contributed by atoms with Gasteiger partial charge in [0.05, 0.1) is 8.41 Å². The molecule has 0 aromatic carbocycles. The number of nitrogens with one attached hydrogen (secondary N) is 1. The molecule has 0 aliphatic carbocycles. The number of rotatable bonds is 0. The third-order valence-electron chi connectivity index (χ3n) is 0. The maximum Gasteiger partial charge on any atom is 0.0814 e. The summed E-state index contributed by atoms with van der Waals surface area (Å²) < 4.78 is 0. The van der Waals surface area contributed by atoms with Crippen LogP contribution in [0, 0.1) is 5.53 Å². The van der Waals surface area contributed by atoms with Crippen LogP contribution in [-0.2, 0) is 0 Å². The molecule has 0 aromatic rings. The van der Waals surface area contributed by atoms with E-state index in [2.05, 4.69) is 11.1 Å². The molecule has 0 spiro atoms. The summed E-state index contributed by atoms with van der Waals surface area (Å²) in [7, 11) is 0. The van der Waals surface area contributed by atoms with Crippen molar-refractivity contribution in [2.75, 3.05) is 0 Å². The standard InChI is InChI=1S/BH3.H3N3/c;1-3-2/h1H3;(H3,1,2). The van der Waals surface area contributed by atoms with Crippen LogP contribution >= 0.6 is 0 Å². The zero-order chi connectivity index (χ0) is 2.71. The predicted octanol–water partition coefficient (Wildman–Crippen LogP) is -1.29. The van der Waals surface area contributed by atoms with E-state index in [9.17, 15) is 0 Å². The zero-order valence-corrected chi connectivity index (χ0v) is 1.52. The molecule has 0 aliphatic rings. The largest absolute Gasteiger partial charge is 0.305 e. The molecule has 0 radical (unpaired) electrons. The zero-order valence-electron chi connectivity index (χ0n) is 1.52. The van der Waals surface area contributed by atoms with Crippen molar-refractivity contribution < 1.29 is 0 Å². The molecule has 0 bridgehead atoms. The van der Waals surface area contributed by atoms with Crippen molar-refractivity contribution in [3.63, 3.8) is 0 Å². The molecule has 3 nitrogen and oxygen atoms in total. The summed E-state index contributed by atoms with van der Waals surface area (Å²) >= 11 is 0. The summed E-state index contributed by atoms with van der Waals surface area (Å²) in [5.41, 5.74) is 5.61. The Morgan fingerprint density at radius 2 is 1.75 bits per heavy atom. The van der Waals surface area contributed by atoms with Gasteiger partial charge in [-0.1, -0.05) is 5.22 Å². The van der Waals surface area contributed by atoms with Crippen molar-refractivity contribution in [1.29, 1.82) is 5.53 Å². The fourth-order valence-electron chi connectivity index (χ4n) is 0. The lowest BCUT2D eigenvalue weighted by molar-refractivity contribution is 0.991. The van der Waals surface area contributed by atoms with Gasteiger partial charge in [0.25, 0.3) is 0 Å². The minimum atomic E-state index is 0. The molecular formula is H6BN3. The lowest BCUT2D eigenvalue weighted by atomic mass is 10.8. The summed E-state index contributed by atoms with van der Waals surface area (Å²) in [6.07, 6.45) is 0. The lowest BCUT2D eigenvalue weighted by Gasteiger charge is -1.40. The smallest absolute Gasteiger partial charge is 0.0814 e. The van der Waals surface area contributed by atoms with E-state index in [1.807, 2.05) is 0 Å². The normalized spacial score (nSPS) is 3.00. The Morgan fingerprint density at radius 1 is 1.75 bits per heavy atom. The monoisotopic (exact) mass is 59.1 g/mol. The van der Waals surface area contributed by atoms with Crippen LogP contribution in [0.15, 0.2) is 5.22 Å². The fourth-order valence-corrected chi connectivity index (χ4v) is 0. The average molecular weight is 58.9 g/mol. The van der Waals surface area contributed by atoms with E-state index in [1.165, 1.54) is 0 Å². The van der Waals surface area contributed by atoms with Crippen molar-refractivity contribution in [3.05, 3.63) is 0 Å². The summed E-state index contributed by atoms with van der Waals surface area (Å²) in [6, 6.07) is 0. The van der Waals surface area contributed by atoms with Crippen LogP contribution in [-0.4, -0.2) is 8.41 Å². The van der Waals surface area contributed by atoms with Crippen LogP contribution in [0.2, 0.25) is 0 Å². The van der Waals surface area contributed by atoms with Gasteiger partial charge in [-0.15, -0.1) is 0 Å². The van der Waals surface area contributed by atoms with Crippen LogP contribution in [0.5, 0.6) is 0 Å². The Kier molecular flexibility index (Phi) is 60.0. The van der Waals surface area contributed by atoms with Crippen molar-refractivity contribution >= 4 is 8.41 Å². The van der Waals surface area contributed by atoms with Gasteiger partial charge in [0.2, 0.25) is 0 Å². The first kappa shape index (κ1) is 9.81. The van der Waals surface area contributed by atoms with Gasteiger partial charge in [-0.2, -0.15) is 5.53 Å². The van der Waals surface area contributed by atoms with E-state index in [0.29, 0.717) is 0 Å². The first-order valence-corrected chi connectivity index (χ1v) is 0.482. The maximum atomic E-state index is 5.61. The molecule has 0 fully saturated rings. The summed E-state index contributed by atoms with van der Waals surface area (Å²) in [4.78, 5) is 0. The van der Waals surface area contributed by atoms with Crippen LogP contribution in [0.1, 0.15) is 0 Å². The van der Waals surface area contributed by atoms with Gasteiger partial charge in [0.15, 0.2) is 0 Å². The third-order valence-corrected chi connectivity index (χ3v) is 0. The molecule has 0 amide bonds. The molecule has 4 heavy (non-hydrogen) atoms. The van der Waals surface area contributed by atoms with Crippen molar-refractivity contribution in [1.82, 2.24) is 0 Å². The molecule has 0 saturated carbocycles. The molecule has 0 unspecified atom stereocenters. The highest BCUT2D eigenvalue weighted by Crippen LogP contribution is 1.13. The van der Waals surface area contributed by atoms with Gasteiger partial charge in [0, 0.05) is 0 Å². The van der Waals surface area contributed by atoms with Gasteiger partial charge in [-0.05, 0) is 0 Å². The predicted molar refractivity (Wildman–Crippen MR) is 19.3 cm³/mol. The van der Waals surface area contributed by atoms with Gasteiger partial charge in [-0.25, -0.2) is 0 Å². The highest BCUT2D eigenvalue weighted by molar-refractivity contribution is 5.75. The lowest BCUT2D eigenvalue weighted by Crippen LogP contribution is -1.66. The Morgan fingerprint density at radius 3 is 1.75 bits per heavy atom. The molecule has 4 heteroatoms. The van der Waals surface area contributed by atoms with Gasteiger partial charge in [-0.3, -0.25) is 0 Å². The summed E-state index contributed by atoms with van der Waals surface area (Å²) in [5, 5.41) is 2.25. The second-order valence-electron chi connectivity index (χ2n) is 0.129. The van der Waals surface area contributed by atoms with E-state index in [0.717, 1.165) is 0 Å². The van der Waals surface area contributed by atoms with Crippen molar-refractivity contribution in [2.45, 2.75) is 0 Å². The number of nitrogens with zero attached hydrogens (tertiary/aromatic N) is 1. The highest BCUT2D eigenvalue weighted by atomic mass is 15.2. The molecule has 3 N–H and O–H groups in total. The third kappa shape index (κ3) is 1.11. The number of hydrogen-bond donors (Lipinski definition) is 2. The molecule has 0 atom stereocenters. The molecule has 0 heterocycles. The van der Waals surface area contributed by atoms with Gasteiger partial charge >= 0.3 is 0 Å². The Balaban J connectivity index is 0. The number of hydrogen-bond acceptors (Lipinski definition) is 2. The van der Waals surface area contributed by atoms with Crippen LogP contribution < -0.4 is 5.84 Å². The molecule has 24 valence electrons. The average Bonchev–Trinajstić information content (AvgIpc) is 0.918. The van der Waals surface area contributed by atoms with E-state index in [1.54, 1.807) is 0 Å². The van der Waals surface area contributed by atoms with E-state index < -0.39 is 0 Å². The molecule has 0 saturated heterocycles. The first-order chi connectivity index (χ1) is 1.41. The van der Waals surface area contributed by atoms with Gasteiger partial charge < -0.3 is 5.84 Å². The SMILES string of the molecule is B.N=NN. The second-order valence-corrected chi connectivity index (χ2v) is 0.129. The quantitative estimate of drug-likeness (QED) is 0.155. The summed E-state index contributed by atoms with van der Waals surface area (Å²) in [6.45, 7) is 0. The number of nitrogens with two attached hydrogens (primary N) is 1. The van der Waals surface area contributed by atoms with Gasteiger partial charge in [0.1, 0.15) is 0 Å². The Bertz CT molecular complexity index is 10.8. The van der Waals surface area contributed by atoms with Crippen LogP contribution in [0.25, 0.3) is 0 Å². The molecule has 0 aliphatic heterocycles. The molecule has 0 rings (SSSR count). The Hall–Kier alpha value is -0.535. The van der Waals surface area contributed by atoms with Crippen LogP contribution in [0.3, 0.4) is 0 Å². The maximum absolute atomic E-state index is 5.61. The minimum absolute atomic E-state index is 0. The minimum Gasteiger partial charge on any atom is -0.305 e. The topological polar surface area (TPSA) is 62.2 Å². The molecule has 0 aromatic heterocycles.